The van der Waals surface area contributed by atoms with Crippen LogP contribution in [0.3, 0.4) is 0 Å². The Bertz CT molecular complexity index is 426. The number of hydrogen-bond acceptors (Lipinski definition) is 3. The summed E-state index contributed by atoms with van der Waals surface area (Å²) in [7, 11) is 1.73. The predicted molar refractivity (Wildman–Crippen MR) is 69.6 cm³/mol. The van der Waals surface area contributed by atoms with Gasteiger partial charge in [-0.1, -0.05) is 20.8 Å². The second-order valence-electron chi connectivity index (χ2n) is 5.45. The Morgan fingerprint density at radius 2 is 2.12 bits per heavy atom. The van der Waals surface area contributed by atoms with Gasteiger partial charge in [0, 0.05) is 12.7 Å². The Morgan fingerprint density at radius 1 is 1.41 bits per heavy atom. The lowest BCUT2D eigenvalue weighted by Crippen LogP contribution is -2.21. The number of halogens is 1. The molecule has 0 unspecified atom stereocenters. The Kier molecular flexibility index (Phi) is 3.57. The van der Waals surface area contributed by atoms with E-state index < -0.39 is 0 Å². The maximum absolute atomic E-state index is 5.59. The summed E-state index contributed by atoms with van der Waals surface area (Å²) >= 11 is 3.52. The first-order valence-electron chi connectivity index (χ1n) is 5.72. The van der Waals surface area contributed by atoms with Gasteiger partial charge >= 0.3 is 0 Å². The topological polar surface area (TPSA) is 31.4 Å². The van der Waals surface area contributed by atoms with Crippen LogP contribution >= 0.6 is 15.9 Å². The van der Waals surface area contributed by atoms with Crippen LogP contribution in [0.25, 0.3) is 0 Å². The van der Waals surface area contributed by atoms with E-state index >= 15 is 0 Å². The van der Waals surface area contributed by atoms with Crippen molar-refractivity contribution in [1.82, 2.24) is 4.98 Å². The minimum absolute atomic E-state index is 0.00954. The number of nitrogens with zero attached hydrogens (tertiary/aromatic N) is 1. The molecule has 0 aromatic carbocycles. The molecule has 0 bridgehead atoms. The summed E-state index contributed by atoms with van der Waals surface area (Å²) in [5.41, 5.74) is 3.37. The fraction of sp³-hybridized carbons (Fsp3) is 0.615. The molecule has 0 saturated carbocycles. The van der Waals surface area contributed by atoms with Crippen molar-refractivity contribution in [2.75, 3.05) is 7.11 Å². The van der Waals surface area contributed by atoms with Crippen LogP contribution in [0, 0.1) is 5.41 Å². The quantitative estimate of drug-likeness (QED) is 0.782. The molecular weight excluding hydrogens is 282 g/mol. The summed E-state index contributed by atoms with van der Waals surface area (Å²) in [4.78, 5) is 4.59. The normalized spacial score (nSPS) is 17.0. The van der Waals surface area contributed by atoms with Crippen LogP contribution in [-0.2, 0) is 22.7 Å². The zero-order valence-electron chi connectivity index (χ0n) is 10.7. The number of methoxy groups -OCH3 is 1. The first-order chi connectivity index (χ1) is 7.93. The van der Waals surface area contributed by atoms with Crippen molar-refractivity contribution >= 4 is 15.9 Å². The van der Waals surface area contributed by atoms with Gasteiger partial charge in [-0.2, -0.15) is 0 Å². The minimum Gasteiger partial charge on any atom is -0.375 e. The minimum atomic E-state index is -0.00954. The predicted octanol–water partition coefficient (Wildman–Crippen LogP) is 3.61. The SMILES string of the molecule is CO[C@H](c1cc2c(c(Br)n1)COC2)C(C)(C)C. The second kappa shape index (κ2) is 4.67. The zero-order chi connectivity index (χ0) is 12.6. The van der Waals surface area contributed by atoms with Crippen molar-refractivity contribution in [3.8, 4) is 0 Å². The van der Waals surface area contributed by atoms with Gasteiger partial charge in [-0.15, -0.1) is 0 Å². The first-order valence-corrected chi connectivity index (χ1v) is 6.51. The maximum Gasteiger partial charge on any atom is 0.112 e. The third-order valence-corrected chi connectivity index (χ3v) is 3.64. The highest BCUT2D eigenvalue weighted by Gasteiger charge is 2.29. The molecule has 0 amide bonds. The van der Waals surface area contributed by atoms with Gasteiger partial charge in [0.05, 0.1) is 18.9 Å². The van der Waals surface area contributed by atoms with Crippen molar-refractivity contribution in [1.29, 1.82) is 0 Å². The van der Waals surface area contributed by atoms with Crippen LogP contribution in [0.5, 0.6) is 0 Å². The molecule has 1 aromatic rings. The molecule has 0 radical (unpaired) electrons. The summed E-state index contributed by atoms with van der Waals surface area (Å²) in [6.07, 6.45) is -0.00954. The lowest BCUT2D eigenvalue weighted by molar-refractivity contribution is 0.0119. The summed E-state index contributed by atoms with van der Waals surface area (Å²) in [5, 5.41) is 0. The summed E-state index contributed by atoms with van der Waals surface area (Å²) in [5.74, 6) is 0. The molecule has 0 aliphatic carbocycles. The average Bonchev–Trinajstić information content (AvgIpc) is 2.64. The third-order valence-electron chi connectivity index (χ3n) is 2.98. The number of rotatable bonds is 2. The van der Waals surface area contributed by atoms with Gasteiger partial charge < -0.3 is 9.47 Å². The Balaban J connectivity index is 2.43. The van der Waals surface area contributed by atoms with Gasteiger partial charge in [0.2, 0.25) is 0 Å². The molecule has 0 N–H and O–H groups in total. The Labute approximate surface area is 111 Å². The maximum atomic E-state index is 5.59. The largest absolute Gasteiger partial charge is 0.375 e. The fourth-order valence-electron chi connectivity index (χ4n) is 2.21. The lowest BCUT2D eigenvalue weighted by Gasteiger charge is -2.29. The molecule has 0 fully saturated rings. The third kappa shape index (κ3) is 2.54. The molecule has 94 valence electrons. The zero-order valence-corrected chi connectivity index (χ0v) is 12.3. The van der Waals surface area contributed by atoms with Crippen LogP contribution < -0.4 is 0 Å². The number of aromatic nitrogens is 1. The highest BCUT2D eigenvalue weighted by Crippen LogP contribution is 2.37. The standard InChI is InChI=1S/C13H18BrNO2/c1-13(2,3)11(16-4)10-5-8-6-17-7-9(8)12(14)15-10/h5,11H,6-7H2,1-4H3/t11-/m1/s1. The molecule has 0 spiro atoms. The van der Waals surface area contributed by atoms with Crippen LogP contribution in [0.2, 0.25) is 0 Å². The van der Waals surface area contributed by atoms with E-state index in [0.717, 1.165) is 15.9 Å². The smallest absolute Gasteiger partial charge is 0.112 e. The molecular formula is C13H18BrNO2. The monoisotopic (exact) mass is 299 g/mol. The van der Waals surface area contributed by atoms with Crippen LogP contribution in [0.1, 0.15) is 43.7 Å². The number of hydrogen-bond donors (Lipinski definition) is 0. The van der Waals surface area contributed by atoms with Crippen molar-refractivity contribution in [3.63, 3.8) is 0 Å². The molecule has 3 nitrogen and oxygen atoms in total. The van der Waals surface area contributed by atoms with Gasteiger partial charge in [0.25, 0.3) is 0 Å². The summed E-state index contributed by atoms with van der Waals surface area (Å²) < 4.78 is 11.9. The van der Waals surface area contributed by atoms with E-state index in [4.69, 9.17) is 9.47 Å². The molecule has 1 aliphatic heterocycles. The number of fused-ring (bicyclic) bond motifs is 1. The van der Waals surface area contributed by atoms with E-state index in [0.29, 0.717) is 13.2 Å². The Hall–Kier alpha value is -0.450. The molecule has 1 aliphatic rings. The van der Waals surface area contributed by atoms with E-state index in [1.807, 2.05) is 0 Å². The molecule has 17 heavy (non-hydrogen) atoms. The van der Waals surface area contributed by atoms with Crippen LogP contribution in [0.4, 0.5) is 0 Å². The molecule has 1 atom stereocenters. The van der Waals surface area contributed by atoms with Gasteiger partial charge in [-0.25, -0.2) is 4.98 Å². The lowest BCUT2D eigenvalue weighted by atomic mass is 9.86. The molecule has 4 heteroatoms. The number of ether oxygens (including phenoxy) is 2. The van der Waals surface area contributed by atoms with E-state index in [2.05, 4.69) is 47.8 Å². The van der Waals surface area contributed by atoms with Gasteiger partial charge in [0.1, 0.15) is 10.7 Å². The van der Waals surface area contributed by atoms with Crippen molar-refractivity contribution < 1.29 is 9.47 Å². The molecule has 0 saturated heterocycles. The highest BCUT2D eigenvalue weighted by molar-refractivity contribution is 9.10. The molecule has 1 aromatic heterocycles. The van der Waals surface area contributed by atoms with E-state index in [1.165, 1.54) is 5.56 Å². The highest BCUT2D eigenvalue weighted by atomic mass is 79.9. The van der Waals surface area contributed by atoms with Crippen LogP contribution in [-0.4, -0.2) is 12.1 Å². The van der Waals surface area contributed by atoms with Crippen molar-refractivity contribution in [3.05, 3.63) is 27.5 Å². The first kappa shape index (κ1) is 13.0. The van der Waals surface area contributed by atoms with Gasteiger partial charge in [-0.05, 0) is 33.0 Å². The van der Waals surface area contributed by atoms with E-state index in [-0.39, 0.29) is 11.5 Å². The second-order valence-corrected chi connectivity index (χ2v) is 6.20. The van der Waals surface area contributed by atoms with Gasteiger partial charge in [0.15, 0.2) is 0 Å². The van der Waals surface area contributed by atoms with Gasteiger partial charge in [-0.3, -0.25) is 0 Å². The average molecular weight is 300 g/mol. The van der Waals surface area contributed by atoms with Crippen molar-refractivity contribution in [2.24, 2.45) is 5.41 Å². The summed E-state index contributed by atoms with van der Waals surface area (Å²) in [6, 6.07) is 2.10. The van der Waals surface area contributed by atoms with E-state index in [9.17, 15) is 0 Å². The molecule has 2 rings (SSSR count). The Morgan fingerprint density at radius 3 is 2.71 bits per heavy atom. The van der Waals surface area contributed by atoms with Crippen LogP contribution in [0.15, 0.2) is 10.7 Å². The van der Waals surface area contributed by atoms with E-state index in [1.54, 1.807) is 7.11 Å². The summed E-state index contributed by atoms with van der Waals surface area (Å²) in [6.45, 7) is 7.78. The fourth-order valence-corrected chi connectivity index (χ4v) is 2.78. The molecule has 2 heterocycles. The number of pyridine rings is 1. The van der Waals surface area contributed by atoms with Crippen molar-refractivity contribution in [2.45, 2.75) is 40.1 Å².